The van der Waals surface area contributed by atoms with Crippen molar-refractivity contribution < 1.29 is 19.2 Å². The Kier molecular flexibility index (Phi) is 12.2. The number of rotatable bonds is 2. The number of nitrogens with one attached hydrogen (secondary N) is 2. The predicted octanol–water partition coefficient (Wildman–Crippen LogP) is 7.52. The molecule has 0 saturated carbocycles. The van der Waals surface area contributed by atoms with E-state index in [1.807, 2.05) is 52.0 Å². The van der Waals surface area contributed by atoms with E-state index in [0.717, 1.165) is 46.5 Å². The van der Waals surface area contributed by atoms with Gasteiger partial charge in [-0.25, -0.2) is 0 Å². The molecule has 4 aliphatic heterocycles. The number of amides is 4. The summed E-state index contributed by atoms with van der Waals surface area (Å²) in [6.07, 6.45) is 2.75. The molecule has 0 bridgehead atoms. The maximum atomic E-state index is 12.7. The number of fused-ring (bicyclic) bond motifs is 2. The van der Waals surface area contributed by atoms with Gasteiger partial charge in [0.1, 0.15) is 12.1 Å². The summed E-state index contributed by atoms with van der Waals surface area (Å²) >= 11 is 0. The van der Waals surface area contributed by atoms with Gasteiger partial charge in [0.15, 0.2) is 0 Å². The van der Waals surface area contributed by atoms with Crippen molar-refractivity contribution in [2.24, 2.45) is 0 Å². The minimum atomic E-state index is -0.391. The molecule has 4 amide bonds. The van der Waals surface area contributed by atoms with E-state index in [2.05, 4.69) is 77.5 Å². The van der Waals surface area contributed by atoms with Crippen LogP contribution in [0.2, 0.25) is 0 Å². The number of allylic oxidation sites excluding steroid dienone is 2. The van der Waals surface area contributed by atoms with Crippen LogP contribution in [-0.4, -0.2) is 45.5 Å². The van der Waals surface area contributed by atoms with Crippen molar-refractivity contribution in [2.45, 2.75) is 131 Å². The monoisotopic (exact) mass is 656 g/mol. The Morgan fingerprint density at radius 1 is 0.667 bits per heavy atom. The van der Waals surface area contributed by atoms with Gasteiger partial charge < -0.3 is 20.4 Å². The lowest BCUT2D eigenvalue weighted by atomic mass is 9.83. The van der Waals surface area contributed by atoms with E-state index in [4.69, 9.17) is 0 Å². The predicted molar refractivity (Wildman–Crippen MR) is 193 cm³/mol. The highest BCUT2D eigenvalue weighted by Crippen LogP contribution is 2.36. The summed E-state index contributed by atoms with van der Waals surface area (Å²) in [6, 6.07) is 11.1. The molecule has 2 saturated heterocycles. The molecule has 2 N–H and O–H groups in total. The van der Waals surface area contributed by atoms with E-state index in [-0.39, 0.29) is 40.5 Å². The molecule has 0 radical (unpaired) electrons. The molecule has 4 aliphatic rings. The maximum Gasteiger partial charge on any atom is 0.255 e. The molecular weight excluding hydrogens is 600 g/mol. The number of nitrogens with zero attached hydrogens (tertiary/aromatic N) is 2. The van der Waals surface area contributed by atoms with Crippen molar-refractivity contribution in [3.05, 3.63) is 94.3 Å². The highest BCUT2D eigenvalue weighted by atomic mass is 16.2. The van der Waals surface area contributed by atoms with Gasteiger partial charge in [0.25, 0.3) is 11.8 Å². The molecule has 260 valence electrons. The maximum absolute atomic E-state index is 12.7. The molecule has 2 aromatic rings. The molecule has 2 atom stereocenters. The first-order valence-electron chi connectivity index (χ1n) is 17.4. The molecule has 0 aliphatic carbocycles. The average molecular weight is 657 g/mol. The molecule has 8 nitrogen and oxygen atoms in total. The third-order valence-corrected chi connectivity index (χ3v) is 9.00. The van der Waals surface area contributed by atoms with Crippen LogP contribution in [-0.2, 0) is 33.5 Å². The topological polar surface area (TPSA) is 98.8 Å². The van der Waals surface area contributed by atoms with Crippen LogP contribution in [0.5, 0.6) is 0 Å². The first kappa shape index (κ1) is 38.2. The lowest BCUT2D eigenvalue weighted by Gasteiger charge is -2.31. The Hall–Kier alpha value is -4.20. The van der Waals surface area contributed by atoms with Crippen molar-refractivity contribution in [3.63, 3.8) is 0 Å². The Bertz CT molecular complexity index is 1580. The van der Waals surface area contributed by atoms with Crippen LogP contribution in [0.3, 0.4) is 0 Å². The summed E-state index contributed by atoms with van der Waals surface area (Å²) in [4.78, 5) is 53.1. The van der Waals surface area contributed by atoms with Crippen LogP contribution in [0.25, 0.3) is 0 Å². The zero-order valence-electron chi connectivity index (χ0n) is 30.8. The van der Waals surface area contributed by atoms with E-state index >= 15 is 0 Å². The van der Waals surface area contributed by atoms with Crippen molar-refractivity contribution in [2.75, 3.05) is 0 Å². The van der Waals surface area contributed by atoms with Crippen LogP contribution in [0.15, 0.2) is 61.0 Å². The summed E-state index contributed by atoms with van der Waals surface area (Å²) in [6.45, 7) is 29.5. The third-order valence-electron chi connectivity index (χ3n) is 9.00. The minimum Gasteiger partial charge on any atom is -0.329 e. The first-order valence-corrected chi connectivity index (χ1v) is 17.4. The van der Waals surface area contributed by atoms with Crippen LogP contribution >= 0.6 is 0 Å². The van der Waals surface area contributed by atoms with Gasteiger partial charge in [-0.2, -0.15) is 0 Å². The summed E-state index contributed by atoms with van der Waals surface area (Å²) in [5.41, 5.74) is 7.45. The van der Waals surface area contributed by atoms with Gasteiger partial charge in [0, 0.05) is 35.6 Å². The van der Waals surface area contributed by atoms with Gasteiger partial charge >= 0.3 is 0 Å². The fourth-order valence-corrected chi connectivity index (χ4v) is 6.49. The second-order valence-corrected chi connectivity index (χ2v) is 14.4. The number of carbonyl (C=O) groups is 4. The van der Waals surface area contributed by atoms with Crippen LogP contribution in [0.4, 0.5) is 0 Å². The van der Waals surface area contributed by atoms with Gasteiger partial charge in [-0.05, 0) is 70.9 Å². The van der Waals surface area contributed by atoms with E-state index in [9.17, 15) is 19.2 Å². The number of benzene rings is 2. The quantitative estimate of drug-likeness (QED) is 0.350. The molecule has 8 heteroatoms. The zero-order chi connectivity index (χ0) is 36.1. The fraction of sp³-hybridized carbons (Fsp3) is 0.500. The van der Waals surface area contributed by atoms with Crippen LogP contribution < -0.4 is 10.6 Å². The normalized spacial score (nSPS) is 20.3. The minimum absolute atomic E-state index is 0.0231. The van der Waals surface area contributed by atoms with Crippen molar-refractivity contribution in [1.82, 2.24) is 20.4 Å². The molecule has 4 heterocycles. The number of piperidine rings is 2. The lowest BCUT2D eigenvalue weighted by molar-refractivity contribution is -0.127. The second-order valence-electron chi connectivity index (χ2n) is 14.4. The average Bonchev–Trinajstić information content (AvgIpc) is 3.54. The zero-order valence-corrected chi connectivity index (χ0v) is 30.8. The summed E-state index contributed by atoms with van der Waals surface area (Å²) in [7, 11) is 0. The largest absolute Gasteiger partial charge is 0.329 e. The Labute approximate surface area is 288 Å². The van der Waals surface area contributed by atoms with E-state index in [0.29, 0.717) is 25.9 Å². The van der Waals surface area contributed by atoms with Gasteiger partial charge in [-0.1, -0.05) is 107 Å². The SMILES string of the molecule is C=C1CCC(N2Cc3c(cccc3C(C)(C)C)C2=O)C(=O)N1.C=C1CCC(N2Cc3cc(C(C)(C)C)ccc3C2=O)C(=O)N1.CC.CC. The summed E-state index contributed by atoms with van der Waals surface area (Å²) < 4.78 is 0. The van der Waals surface area contributed by atoms with Gasteiger partial charge in [-0.15, -0.1) is 0 Å². The smallest absolute Gasteiger partial charge is 0.255 e. The molecule has 2 aromatic carbocycles. The highest BCUT2D eigenvalue weighted by Gasteiger charge is 2.40. The summed E-state index contributed by atoms with van der Waals surface area (Å²) in [5.74, 6) is -0.306. The Morgan fingerprint density at radius 3 is 1.65 bits per heavy atom. The van der Waals surface area contributed by atoms with E-state index in [1.165, 1.54) is 11.1 Å². The number of hydrogen-bond donors (Lipinski definition) is 2. The number of carbonyl (C=O) groups excluding carboxylic acids is 4. The third kappa shape index (κ3) is 8.08. The van der Waals surface area contributed by atoms with Crippen LogP contribution in [0, 0.1) is 0 Å². The molecule has 0 spiro atoms. The fourth-order valence-electron chi connectivity index (χ4n) is 6.49. The highest BCUT2D eigenvalue weighted by molar-refractivity contribution is 6.02. The Morgan fingerprint density at radius 2 is 1.17 bits per heavy atom. The number of hydrogen-bond acceptors (Lipinski definition) is 4. The second kappa shape index (κ2) is 15.3. The molecule has 6 rings (SSSR count). The lowest BCUT2D eigenvalue weighted by Crippen LogP contribution is -2.49. The van der Waals surface area contributed by atoms with Crippen molar-refractivity contribution in [3.8, 4) is 0 Å². The standard InChI is InChI=1S/2C18H22N2O2.2C2H6/c1-11-5-8-15(16(21)19-11)20-10-12-9-13(18(2,3)4)6-7-14(12)17(20)22;1-11-8-9-15(16(21)19-11)20-10-13-12(17(20)22)6-5-7-14(13)18(2,3)4;2*1-2/h6-7,9,15H,1,5,8,10H2,2-4H3,(H,19,21);5-7,15H,1,8-10H2,2-4H3,(H,19,21);2*1-2H3. The summed E-state index contributed by atoms with van der Waals surface area (Å²) in [5, 5.41) is 5.53. The molecular formula is C40H56N4O4. The van der Waals surface area contributed by atoms with E-state index in [1.54, 1.807) is 9.80 Å². The van der Waals surface area contributed by atoms with Gasteiger partial charge in [0.2, 0.25) is 11.8 Å². The van der Waals surface area contributed by atoms with Gasteiger partial charge in [0.05, 0.1) is 0 Å². The van der Waals surface area contributed by atoms with Gasteiger partial charge in [-0.3, -0.25) is 19.2 Å². The molecule has 0 aromatic heterocycles. The Balaban J connectivity index is 0.000000236. The van der Waals surface area contributed by atoms with Crippen molar-refractivity contribution >= 4 is 23.6 Å². The molecule has 2 unspecified atom stereocenters. The van der Waals surface area contributed by atoms with Crippen molar-refractivity contribution in [1.29, 1.82) is 0 Å². The van der Waals surface area contributed by atoms with E-state index < -0.39 is 6.04 Å². The molecule has 48 heavy (non-hydrogen) atoms. The van der Waals surface area contributed by atoms with Crippen LogP contribution in [0.1, 0.15) is 138 Å². The molecule has 2 fully saturated rings. The first-order chi connectivity index (χ1) is 22.6.